The predicted octanol–water partition coefficient (Wildman–Crippen LogP) is 3.83. The zero-order chi connectivity index (χ0) is 14.1. The minimum atomic E-state index is 0. The van der Waals surface area contributed by atoms with Crippen molar-refractivity contribution in [3.8, 4) is 11.3 Å². The Morgan fingerprint density at radius 3 is 2.41 bits per heavy atom. The van der Waals surface area contributed by atoms with Gasteiger partial charge in [-0.3, -0.25) is 0 Å². The number of thiazole rings is 1. The van der Waals surface area contributed by atoms with Gasteiger partial charge in [-0.25, -0.2) is 9.67 Å². The van der Waals surface area contributed by atoms with Crippen molar-refractivity contribution >= 4 is 63.6 Å². The first-order valence-corrected chi connectivity index (χ1v) is 7.58. The molecule has 0 saturated carbocycles. The lowest BCUT2D eigenvalue weighted by molar-refractivity contribution is 0.694. The van der Waals surface area contributed by atoms with E-state index in [1.807, 2.05) is 29.6 Å². The Labute approximate surface area is 152 Å². The molecule has 0 fully saturated rings. The summed E-state index contributed by atoms with van der Waals surface area (Å²) in [5, 5.41) is 7.10. The normalized spacial score (nSPS) is 9.86. The molecule has 0 aliphatic rings. The predicted molar refractivity (Wildman–Crippen MR) is 99.9 cm³/mol. The lowest BCUT2D eigenvalue weighted by Gasteiger charge is -2.01. The minimum Gasteiger partial charge on any atom is -0.394 e. The molecule has 0 spiro atoms. The molecule has 0 aliphatic carbocycles. The SMILES string of the molecule is Cl.Cl.Nc1cnn(Cc2nc(-c3ccc(Br)cc3)cs2)c1N. The molecule has 4 N–H and O–H groups in total. The average Bonchev–Trinajstić information content (AvgIpc) is 3.02. The monoisotopic (exact) mass is 421 g/mol. The fourth-order valence-corrected chi connectivity index (χ4v) is 2.85. The third-order valence-corrected chi connectivity index (χ3v) is 4.25. The summed E-state index contributed by atoms with van der Waals surface area (Å²) in [6, 6.07) is 8.06. The van der Waals surface area contributed by atoms with E-state index >= 15 is 0 Å². The van der Waals surface area contributed by atoms with Gasteiger partial charge in [0.1, 0.15) is 10.8 Å². The van der Waals surface area contributed by atoms with E-state index in [1.165, 1.54) is 0 Å². The van der Waals surface area contributed by atoms with E-state index in [9.17, 15) is 0 Å². The lowest BCUT2D eigenvalue weighted by atomic mass is 10.2. The molecule has 0 aliphatic heterocycles. The van der Waals surface area contributed by atoms with Crippen LogP contribution >= 0.6 is 52.1 Å². The van der Waals surface area contributed by atoms with Crippen LogP contribution in [0.4, 0.5) is 11.5 Å². The number of aromatic nitrogens is 3. The van der Waals surface area contributed by atoms with Crippen LogP contribution in [0.5, 0.6) is 0 Å². The van der Waals surface area contributed by atoms with Crippen LogP contribution in [0.3, 0.4) is 0 Å². The fraction of sp³-hybridized carbons (Fsp3) is 0.0769. The Morgan fingerprint density at radius 2 is 1.82 bits per heavy atom. The zero-order valence-corrected chi connectivity index (χ0v) is 15.3. The highest BCUT2D eigenvalue weighted by atomic mass is 79.9. The van der Waals surface area contributed by atoms with Crippen molar-refractivity contribution < 1.29 is 0 Å². The Bertz CT molecular complexity index is 741. The molecule has 9 heteroatoms. The third kappa shape index (κ3) is 3.92. The number of benzene rings is 1. The van der Waals surface area contributed by atoms with Crippen molar-refractivity contribution in [2.45, 2.75) is 6.54 Å². The summed E-state index contributed by atoms with van der Waals surface area (Å²) < 4.78 is 2.70. The van der Waals surface area contributed by atoms with E-state index in [0.717, 1.165) is 20.7 Å². The average molecular weight is 423 g/mol. The van der Waals surface area contributed by atoms with Gasteiger partial charge in [-0.05, 0) is 12.1 Å². The van der Waals surface area contributed by atoms with Gasteiger partial charge in [-0.1, -0.05) is 28.1 Å². The second kappa shape index (κ2) is 7.82. The van der Waals surface area contributed by atoms with Crippen molar-refractivity contribution in [2.24, 2.45) is 0 Å². The lowest BCUT2D eigenvalue weighted by Crippen LogP contribution is -2.06. The molecule has 3 rings (SSSR count). The van der Waals surface area contributed by atoms with E-state index < -0.39 is 0 Å². The Kier molecular flexibility index (Phi) is 6.67. The van der Waals surface area contributed by atoms with E-state index in [0.29, 0.717) is 18.1 Å². The first-order chi connectivity index (χ1) is 9.63. The summed E-state index contributed by atoms with van der Waals surface area (Å²) in [4.78, 5) is 4.60. The molecule has 22 heavy (non-hydrogen) atoms. The number of halogens is 3. The topological polar surface area (TPSA) is 82.8 Å². The van der Waals surface area contributed by atoms with Gasteiger partial charge in [0.2, 0.25) is 0 Å². The van der Waals surface area contributed by atoms with Gasteiger partial charge in [-0.15, -0.1) is 36.2 Å². The summed E-state index contributed by atoms with van der Waals surface area (Å²) in [6.07, 6.45) is 1.55. The quantitative estimate of drug-likeness (QED) is 0.671. The van der Waals surface area contributed by atoms with Crippen LogP contribution in [-0.2, 0) is 6.54 Å². The van der Waals surface area contributed by atoms with Gasteiger partial charge in [-0.2, -0.15) is 5.10 Å². The number of nitrogen functional groups attached to an aromatic ring is 2. The highest BCUT2D eigenvalue weighted by molar-refractivity contribution is 9.10. The zero-order valence-electron chi connectivity index (χ0n) is 11.3. The van der Waals surface area contributed by atoms with Crippen molar-refractivity contribution in [1.29, 1.82) is 0 Å². The number of nitrogens with two attached hydrogens (primary N) is 2. The molecular formula is C13H14BrCl2N5S. The number of hydrogen-bond acceptors (Lipinski definition) is 5. The molecule has 3 aromatic rings. The number of hydrogen-bond donors (Lipinski definition) is 2. The number of anilines is 2. The third-order valence-electron chi connectivity index (χ3n) is 2.89. The molecule has 0 atom stereocenters. The van der Waals surface area contributed by atoms with Crippen LogP contribution in [-0.4, -0.2) is 14.8 Å². The molecule has 1 aromatic carbocycles. The van der Waals surface area contributed by atoms with Gasteiger partial charge >= 0.3 is 0 Å². The molecule has 118 valence electrons. The van der Waals surface area contributed by atoms with E-state index in [1.54, 1.807) is 22.2 Å². The van der Waals surface area contributed by atoms with Crippen LogP contribution in [0.2, 0.25) is 0 Å². The molecule has 0 unspecified atom stereocenters. The summed E-state index contributed by atoms with van der Waals surface area (Å²) in [7, 11) is 0. The summed E-state index contributed by atoms with van der Waals surface area (Å²) in [6.45, 7) is 0.532. The van der Waals surface area contributed by atoms with Crippen molar-refractivity contribution in [2.75, 3.05) is 11.5 Å². The van der Waals surface area contributed by atoms with Gasteiger partial charge in [0, 0.05) is 15.4 Å². The molecule has 0 saturated heterocycles. The van der Waals surface area contributed by atoms with E-state index in [4.69, 9.17) is 11.5 Å². The Morgan fingerprint density at radius 1 is 1.14 bits per heavy atom. The molecule has 2 aromatic heterocycles. The van der Waals surface area contributed by atoms with E-state index in [2.05, 4.69) is 26.0 Å². The standard InChI is InChI=1S/C13H12BrN5S.2ClH/c14-9-3-1-8(2-4-9)11-7-20-12(18-11)6-19-13(16)10(15)5-17-19;;/h1-5,7H,6,15-16H2;2*1H. The summed E-state index contributed by atoms with van der Waals surface area (Å²) >= 11 is 5.00. The molecule has 5 nitrogen and oxygen atoms in total. The van der Waals surface area contributed by atoms with Gasteiger partial charge in [0.25, 0.3) is 0 Å². The largest absolute Gasteiger partial charge is 0.394 e. The maximum Gasteiger partial charge on any atom is 0.145 e. The van der Waals surface area contributed by atoms with Crippen LogP contribution in [0.1, 0.15) is 5.01 Å². The maximum atomic E-state index is 5.83. The van der Waals surface area contributed by atoms with Crippen molar-refractivity contribution in [3.63, 3.8) is 0 Å². The van der Waals surface area contributed by atoms with Crippen LogP contribution in [0.15, 0.2) is 40.3 Å². The Balaban J connectivity index is 0.00000121. The van der Waals surface area contributed by atoms with Crippen molar-refractivity contribution in [3.05, 3.63) is 45.3 Å². The van der Waals surface area contributed by atoms with Gasteiger partial charge in [0.15, 0.2) is 0 Å². The molecular weight excluding hydrogens is 409 g/mol. The van der Waals surface area contributed by atoms with Crippen LogP contribution in [0, 0.1) is 0 Å². The maximum absolute atomic E-state index is 5.83. The molecule has 2 heterocycles. The van der Waals surface area contributed by atoms with Gasteiger partial charge in [0.05, 0.1) is 24.1 Å². The van der Waals surface area contributed by atoms with Crippen LogP contribution < -0.4 is 11.5 Å². The molecule has 0 bridgehead atoms. The smallest absolute Gasteiger partial charge is 0.145 e. The van der Waals surface area contributed by atoms with Crippen molar-refractivity contribution in [1.82, 2.24) is 14.8 Å². The fourth-order valence-electron chi connectivity index (χ4n) is 1.80. The highest BCUT2D eigenvalue weighted by Gasteiger charge is 2.09. The Hall–Kier alpha value is -1.28. The second-order valence-corrected chi connectivity index (χ2v) is 6.13. The first-order valence-electron chi connectivity index (χ1n) is 5.90. The summed E-state index contributed by atoms with van der Waals surface area (Å²) in [5.74, 6) is 0.477. The van der Waals surface area contributed by atoms with Crippen LogP contribution in [0.25, 0.3) is 11.3 Å². The molecule has 0 radical (unpaired) electrons. The molecule has 0 amide bonds. The first kappa shape index (κ1) is 18.8. The van der Waals surface area contributed by atoms with Gasteiger partial charge < -0.3 is 11.5 Å². The highest BCUT2D eigenvalue weighted by Crippen LogP contribution is 2.24. The second-order valence-electron chi connectivity index (χ2n) is 4.28. The van der Waals surface area contributed by atoms with E-state index in [-0.39, 0.29) is 24.8 Å². The number of nitrogens with zero attached hydrogens (tertiary/aromatic N) is 3. The number of rotatable bonds is 3. The summed E-state index contributed by atoms with van der Waals surface area (Å²) in [5.41, 5.74) is 14.0. The minimum absolute atomic E-state index is 0.